The highest BCUT2D eigenvalue weighted by atomic mass is 16.4. The molecule has 0 saturated heterocycles. The van der Waals surface area contributed by atoms with E-state index in [1.807, 2.05) is 12.1 Å². The van der Waals surface area contributed by atoms with Gasteiger partial charge in [0.15, 0.2) is 0 Å². The summed E-state index contributed by atoms with van der Waals surface area (Å²) >= 11 is 0. The molecular formula is C33H52O4. The number of phenols is 1. The van der Waals surface area contributed by atoms with Crippen molar-refractivity contribution in [1.82, 2.24) is 0 Å². The van der Waals surface area contributed by atoms with Crippen LogP contribution in [0.15, 0.2) is 18.2 Å². The number of fused-ring (bicyclic) bond motifs is 5. The number of carboxylic acids is 1. The zero-order valence-corrected chi connectivity index (χ0v) is 23.5. The normalized spacial score (nSPS) is 31.4. The lowest BCUT2D eigenvalue weighted by atomic mass is 9.51. The molecule has 2 fully saturated rings. The van der Waals surface area contributed by atoms with E-state index >= 15 is 0 Å². The number of carboxylic acid groups (broad SMARTS) is 1. The first-order valence-corrected chi connectivity index (χ1v) is 15.6. The van der Waals surface area contributed by atoms with Crippen LogP contribution in [0.2, 0.25) is 0 Å². The minimum absolute atomic E-state index is 0.0746. The summed E-state index contributed by atoms with van der Waals surface area (Å²) in [6.07, 6.45) is 18.9. The molecule has 7 atom stereocenters. The van der Waals surface area contributed by atoms with Crippen molar-refractivity contribution in [3.8, 4) is 5.75 Å². The molecule has 1 aromatic carbocycles. The molecule has 0 spiro atoms. The van der Waals surface area contributed by atoms with Crippen LogP contribution in [0.1, 0.15) is 134 Å². The fraction of sp³-hybridized carbons (Fsp3) is 0.788. The SMILES string of the molecule is CCCCC(CCCCCCCCCC1CC2(C)C(O)CCC2C2CCc3cc(O)ccc3C12)C(=O)O. The standard InChI is InChI=1S/C33H52O4/c1-3-4-12-23(32(36)37)13-10-8-6-5-7-9-11-14-25-22-33(2)29(19-20-30(33)35)28-17-15-24-21-26(34)16-18-27(24)31(25)28/h16,18,21,23,25,28-31,34-35H,3-15,17,19-20,22H2,1-2H3,(H,36,37). The number of benzene rings is 1. The molecule has 4 nitrogen and oxygen atoms in total. The summed E-state index contributed by atoms with van der Waals surface area (Å²) in [7, 11) is 0. The zero-order valence-electron chi connectivity index (χ0n) is 23.5. The maximum absolute atomic E-state index is 11.4. The lowest BCUT2D eigenvalue weighted by Crippen LogP contribution is -2.47. The van der Waals surface area contributed by atoms with Gasteiger partial charge < -0.3 is 15.3 Å². The van der Waals surface area contributed by atoms with Gasteiger partial charge in [-0.15, -0.1) is 0 Å². The summed E-state index contributed by atoms with van der Waals surface area (Å²) in [6, 6.07) is 6.10. The molecule has 1 aromatic rings. The number of aromatic hydroxyl groups is 1. The Kier molecular flexibility index (Phi) is 10.00. The predicted octanol–water partition coefficient (Wildman–Crippen LogP) is 8.24. The van der Waals surface area contributed by atoms with Crippen molar-refractivity contribution in [3.05, 3.63) is 29.3 Å². The first-order valence-electron chi connectivity index (χ1n) is 15.6. The van der Waals surface area contributed by atoms with E-state index in [1.54, 1.807) is 0 Å². The van der Waals surface area contributed by atoms with Gasteiger partial charge in [-0.2, -0.15) is 0 Å². The molecule has 0 aromatic heterocycles. The quantitative estimate of drug-likeness (QED) is 0.219. The second kappa shape index (κ2) is 13.0. The second-order valence-corrected chi connectivity index (χ2v) is 13.0. The molecule has 3 aliphatic rings. The summed E-state index contributed by atoms with van der Waals surface area (Å²) in [5, 5.41) is 30.5. The molecular weight excluding hydrogens is 460 g/mol. The monoisotopic (exact) mass is 512 g/mol. The average molecular weight is 513 g/mol. The van der Waals surface area contributed by atoms with Crippen LogP contribution in [0.3, 0.4) is 0 Å². The minimum atomic E-state index is -0.610. The van der Waals surface area contributed by atoms with Crippen molar-refractivity contribution in [2.75, 3.05) is 0 Å². The van der Waals surface area contributed by atoms with Gasteiger partial charge in [0.1, 0.15) is 5.75 Å². The van der Waals surface area contributed by atoms with Gasteiger partial charge in [0.25, 0.3) is 0 Å². The largest absolute Gasteiger partial charge is 0.508 e. The molecule has 4 rings (SSSR count). The fourth-order valence-corrected chi connectivity index (χ4v) is 8.65. The Labute approximate surface area is 225 Å². The highest BCUT2D eigenvalue weighted by Gasteiger charge is 2.57. The summed E-state index contributed by atoms with van der Waals surface area (Å²) in [4.78, 5) is 11.4. The van der Waals surface area contributed by atoms with E-state index in [0.29, 0.717) is 29.4 Å². The van der Waals surface area contributed by atoms with Crippen molar-refractivity contribution in [1.29, 1.82) is 0 Å². The molecule has 0 bridgehead atoms. The van der Waals surface area contributed by atoms with Crippen LogP contribution in [0, 0.1) is 29.1 Å². The average Bonchev–Trinajstić information content (AvgIpc) is 3.17. The summed E-state index contributed by atoms with van der Waals surface area (Å²) in [5.74, 6) is 2.15. The lowest BCUT2D eigenvalue weighted by Gasteiger charge is -2.54. The predicted molar refractivity (Wildman–Crippen MR) is 150 cm³/mol. The number of rotatable bonds is 14. The molecule has 3 aliphatic carbocycles. The lowest BCUT2D eigenvalue weighted by molar-refractivity contribution is -0.142. The van der Waals surface area contributed by atoms with Crippen molar-refractivity contribution in [3.63, 3.8) is 0 Å². The third-order valence-corrected chi connectivity index (χ3v) is 10.7. The van der Waals surface area contributed by atoms with Gasteiger partial charge >= 0.3 is 5.97 Å². The molecule has 7 unspecified atom stereocenters. The van der Waals surface area contributed by atoms with Gasteiger partial charge in [-0.3, -0.25) is 4.79 Å². The van der Waals surface area contributed by atoms with Gasteiger partial charge in [-0.25, -0.2) is 0 Å². The minimum Gasteiger partial charge on any atom is -0.508 e. The molecule has 208 valence electrons. The molecule has 37 heavy (non-hydrogen) atoms. The van der Waals surface area contributed by atoms with Gasteiger partial charge in [-0.1, -0.05) is 77.7 Å². The van der Waals surface area contributed by atoms with E-state index in [0.717, 1.165) is 57.8 Å². The number of hydrogen-bond donors (Lipinski definition) is 3. The van der Waals surface area contributed by atoms with E-state index in [2.05, 4.69) is 19.9 Å². The summed E-state index contributed by atoms with van der Waals surface area (Å²) < 4.78 is 0. The third-order valence-electron chi connectivity index (χ3n) is 10.7. The van der Waals surface area contributed by atoms with Crippen molar-refractivity contribution >= 4 is 5.97 Å². The Morgan fingerprint density at radius 1 is 1.00 bits per heavy atom. The van der Waals surface area contributed by atoms with Crippen LogP contribution in [0.5, 0.6) is 5.75 Å². The molecule has 3 N–H and O–H groups in total. The Bertz CT molecular complexity index is 881. The van der Waals surface area contributed by atoms with Crippen molar-refractivity contribution in [2.45, 2.75) is 135 Å². The molecule has 2 saturated carbocycles. The van der Waals surface area contributed by atoms with Crippen LogP contribution >= 0.6 is 0 Å². The molecule has 4 heteroatoms. The van der Waals surface area contributed by atoms with E-state index < -0.39 is 5.97 Å². The third kappa shape index (κ3) is 6.54. The van der Waals surface area contributed by atoms with Gasteiger partial charge in [-0.05, 0) is 104 Å². The Morgan fingerprint density at radius 3 is 2.43 bits per heavy atom. The van der Waals surface area contributed by atoms with Crippen LogP contribution < -0.4 is 0 Å². The Hall–Kier alpha value is -1.55. The maximum atomic E-state index is 11.4. The number of aryl methyl sites for hydroxylation is 1. The summed E-state index contributed by atoms with van der Waals surface area (Å²) in [6.45, 7) is 4.50. The number of unbranched alkanes of at least 4 members (excludes halogenated alkanes) is 7. The van der Waals surface area contributed by atoms with E-state index in [4.69, 9.17) is 0 Å². The number of hydrogen-bond acceptors (Lipinski definition) is 3. The van der Waals surface area contributed by atoms with Gasteiger partial charge in [0, 0.05) is 0 Å². The number of phenolic OH excluding ortho intramolecular Hbond substituents is 1. The number of aliphatic carboxylic acids is 1. The fourth-order valence-electron chi connectivity index (χ4n) is 8.65. The van der Waals surface area contributed by atoms with Crippen molar-refractivity contribution < 1.29 is 20.1 Å². The Balaban J connectivity index is 1.24. The van der Waals surface area contributed by atoms with Gasteiger partial charge in [0.05, 0.1) is 12.0 Å². The van der Waals surface area contributed by atoms with E-state index in [-0.39, 0.29) is 17.4 Å². The molecule has 0 aliphatic heterocycles. The Morgan fingerprint density at radius 2 is 1.70 bits per heavy atom. The smallest absolute Gasteiger partial charge is 0.306 e. The number of carbonyl (C=O) groups is 1. The molecule has 0 amide bonds. The second-order valence-electron chi connectivity index (χ2n) is 13.0. The van der Waals surface area contributed by atoms with Crippen LogP contribution in [0.25, 0.3) is 0 Å². The van der Waals surface area contributed by atoms with Crippen LogP contribution in [-0.2, 0) is 11.2 Å². The first-order chi connectivity index (χ1) is 17.8. The van der Waals surface area contributed by atoms with E-state index in [1.165, 1.54) is 62.5 Å². The maximum Gasteiger partial charge on any atom is 0.306 e. The number of aliphatic hydroxyl groups is 1. The van der Waals surface area contributed by atoms with Gasteiger partial charge in [0.2, 0.25) is 0 Å². The van der Waals surface area contributed by atoms with Crippen molar-refractivity contribution in [2.24, 2.45) is 29.1 Å². The number of aliphatic hydroxyl groups excluding tert-OH is 1. The molecule has 0 heterocycles. The summed E-state index contributed by atoms with van der Waals surface area (Å²) in [5.41, 5.74) is 2.92. The first kappa shape index (κ1) is 28.5. The highest BCUT2D eigenvalue weighted by molar-refractivity contribution is 5.69. The molecule has 0 radical (unpaired) electrons. The van der Waals surface area contributed by atoms with E-state index in [9.17, 15) is 20.1 Å². The van der Waals surface area contributed by atoms with Crippen LogP contribution in [0.4, 0.5) is 0 Å². The topological polar surface area (TPSA) is 77.8 Å². The van der Waals surface area contributed by atoms with Crippen LogP contribution in [-0.4, -0.2) is 27.4 Å². The highest BCUT2D eigenvalue weighted by Crippen LogP contribution is 2.63. The zero-order chi connectivity index (χ0) is 26.4.